The molecular weight excluding hydrogens is 312 g/mol. The molecule has 1 atom stereocenters. The second-order valence-corrected chi connectivity index (χ2v) is 5.83. The minimum absolute atomic E-state index is 0.00181. The molecule has 0 aliphatic carbocycles. The summed E-state index contributed by atoms with van der Waals surface area (Å²) in [6, 6.07) is 5.62. The molecule has 0 aromatic heterocycles. The fraction of sp³-hybridized carbons (Fsp3) is 0.385. The molecule has 3 nitrogen and oxygen atoms in total. The number of carbonyl (C=O) groups is 1. The molecule has 0 saturated heterocycles. The first kappa shape index (κ1) is 15.1. The van der Waals surface area contributed by atoms with Gasteiger partial charge in [0.25, 0.3) is 5.91 Å². The number of halogens is 1. The van der Waals surface area contributed by atoms with E-state index >= 15 is 0 Å². The van der Waals surface area contributed by atoms with Crippen LogP contribution in [-0.4, -0.2) is 28.9 Å². The van der Waals surface area contributed by atoms with Gasteiger partial charge in [-0.15, -0.1) is 0 Å². The van der Waals surface area contributed by atoms with E-state index in [4.69, 9.17) is 18.0 Å². The molecule has 18 heavy (non-hydrogen) atoms. The summed E-state index contributed by atoms with van der Waals surface area (Å²) in [7, 11) is 1.77. The first-order valence-electron chi connectivity index (χ1n) is 5.64. The highest BCUT2D eigenvalue weighted by Gasteiger charge is 2.19. The van der Waals surface area contributed by atoms with E-state index in [-0.39, 0.29) is 11.9 Å². The summed E-state index contributed by atoms with van der Waals surface area (Å²) in [6.07, 6.45) is 0.535. The van der Waals surface area contributed by atoms with Crippen LogP contribution in [0.3, 0.4) is 0 Å². The van der Waals surface area contributed by atoms with Crippen molar-refractivity contribution in [1.82, 2.24) is 4.90 Å². The van der Waals surface area contributed by atoms with E-state index in [2.05, 4.69) is 15.9 Å². The Kier molecular flexibility index (Phi) is 5.28. The standard InChI is InChI=1S/C13H17BrN2OS/c1-8-6-10(14)4-5-11(8)13(17)16(3)9(2)7-12(15)18/h4-6,9H,7H2,1-3H3,(H2,15,18). The van der Waals surface area contributed by atoms with Crippen LogP contribution in [0.5, 0.6) is 0 Å². The van der Waals surface area contributed by atoms with Crippen LogP contribution in [0.15, 0.2) is 22.7 Å². The van der Waals surface area contributed by atoms with Gasteiger partial charge in [-0.25, -0.2) is 0 Å². The van der Waals surface area contributed by atoms with Gasteiger partial charge in [0.15, 0.2) is 0 Å². The zero-order valence-electron chi connectivity index (χ0n) is 10.7. The molecule has 2 N–H and O–H groups in total. The molecule has 98 valence electrons. The maximum Gasteiger partial charge on any atom is 0.254 e. The lowest BCUT2D eigenvalue weighted by molar-refractivity contribution is 0.0747. The SMILES string of the molecule is Cc1cc(Br)ccc1C(=O)N(C)C(C)CC(N)=S. The Labute approximate surface area is 121 Å². The third-order valence-electron chi connectivity index (χ3n) is 2.90. The molecule has 0 aliphatic rings. The molecule has 1 unspecified atom stereocenters. The van der Waals surface area contributed by atoms with Crippen molar-refractivity contribution >= 4 is 39.0 Å². The summed E-state index contributed by atoms with van der Waals surface area (Å²) < 4.78 is 0.968. The summed E-state index contributed by atoms with van der Waals surface area (Å²) in [5.74, 6) is -0.0104. The number of nitrogens with zero attached hydrogens (tertiary/aromatic N) is 1. The van der Waals surface area contributed by atoms with Gasteiger partial charge < -0.3 is 10.6 Å². The number of benzene rings is 1. The fourth-order valence-electron chi connectivity index (χ4n) is 1.69. The Balaban J connectivity index is 2.89. The lowest BCUT2D eigenvalue weighted by Gasteiger charge is -2.25. The molecular formula is C13H17BrN2OS. The summed E-state index contributed by atoms with van der Waals surface area (Å²) in [5, 5.41) is 0. The summed E-state index contributed by atoms with van der Waals surface area (Å²) in [6.45, 7) is 3.86. The highest BCUT2D eigenvalue weighted by Crippen LogP contribution is 2.18. The Morgan fingerprint density at radius 2 is 2.17 bits per heavy atom. The molecule has 0 fully saturated rings. The van der Waals surface area contributed by atoms with Crippen LogP contribution in [0.1, 0.15) is 29.3 Å². The summed E-state index contributed by atoms with van der Waals surface area (Å²) >= 11 is 8.26. The normalized spacial score (nSPS) is 12.0. The summed E-state index contributed by atoms with van der Waals surface area (Å²) in [4.78, 5) is 14.4. The minimum atomic E-state index is -0.0104. The first-order chi connectivity index (χ1) is 8.32. The number of rotatable bonds is 4. The molecule has 1 rings (SSSR count). The maximum atomic E-state index is 12.3. The second kappa shape index (κ2) is 6.29. The number of hydrogen-bond donors (Lipinski definition) is 1. The van der Waals surface area contributed by atoms with Crippen molar-refractivity contribution in [3.05, 3.63) is 33.8 Å². The lowest BCUT2D eigenvalue weighted by atomic mass is 10.1. The third-order valence-corrected chi connectivity index (χ3v) is 3.56. The van der Waals surface area contributed by atoms with Crippen molar-refractivity contribution < 1.29 is 4.79 Å². The average molecular weight is 329 g/mol. The number of amides is 1. The molecule has 0 heterocycles. The van der Waals surface area contributed by atoms with Gasteiger partial charge in [-0.3, -0.25) is 4.79 Å². The molecule has 1 aromatic carbocycles. The van der Waals surface area contributed by atoms with Crippen molar-refractivity contribution in [2.24, 2.45) is 5.73 Å². The van der Waals surface area contributed by atoms with E-state index in [1.807, 2.05) is 32.0 Å². The Bertz CT molecular complexity index is 476. The van der Waals surface area contributed by atoms with Gasteiger partial charge in [-0.2, -0.15) is 0 Å². The molecule has 1 amide bonds. The van der Waals surface area contributed by atoms with E-state index < -0.39 is 0 Å². The van der Waals surface area contributed by atoms with Crippen molar-refractivity contribution in [3.63, 3.8) is 0 Å². The van der Waals surface area contributed by atoms with Gasteiger partial charge in [0.1, 0.15) is 0 Å². The molecule has 0 saturated carbocycles. The first-order valence-corrected chi connectivity index (χ1v) is 6.84. The van der Waals surface area contributed by atoms with Gasteiger partial charge in [-0.05, 0) is 37.6 Å². The van der Waals surface area contributed by atoms with E-state index in [1.165, 1.54) is 0 Å². The van der Waals surface area contributed by atoms with Crippen LogP contribution < -0.4 is 5.73 Å². The Hall–Kier alpha value is -0.940. The van der Waals surface area contributed by atoms with Crippen LogP contribution in [0.25, 0.3) is 0 Å². The Morgan fingerprint density at radius 3 is 2.67 bits per heavy atom. The average Bonchev–Trinajstić information content (AvgIpc) is 2.26. The molecule has 0 radical (unpaired) electrons. The molecule has 0 bridgehead atoms. The largest absolute Gasteiger partial charge is 0.393 e. The minimum Gasteiger partial charge on any atom is -0.393 e. The maximum absolute atomic E-state index is 12.3. The van der Waals surface area contributed by atoms with Crippen molar-refractivity contribution in [2.75, 3.05) is 7.05 Å². The quantitative estimate of drug-likeness (QED) is 0.864. The van der Waals surface area contributed by atoms with E-state index in [0.717, 1.165) is 10.0 Å². The van der Waals surface area contributed by atoms with E-state index in [1.54, 1.807) is 11.9 Å². The zero-order valence-corrected chi connectivity index (χ0v) is 13.1. The highest BCUT2D eigenvalue weighted by molar-refractivity contribution is 9.10. The number of aryl methyl sites for hydroxylation is 1. The second-order valence-electron chi connectivity index (χ2n) is 4.39. The number of thiocarbonyl (C=S) groups is 1. The van der Waals surface area contributed by atoms with Crippen LogP contribution in [0.4, 0.5) is 0 Å². The van der Waals surface area contributed by atoms with E-state index in [0.29, 0.717) is 17.0 Å². The van der Waals surface area contributed by atoms with Crippen LogP contribution in [-0.2, 0) is 0 Å². The smallest absolute Gasteiger partial charge is 0.254 e. The van der Waals surface area contributed by atoms with Gasteiger partial charge in [0.2, 0.25) is 0 Å². The molecule has 0 aliphatic heterocycles. The highest BCUT2D eigenvalue weighted by atomic mass is 79.9. The number of carbonyl (C=O) groups excluding carboxylic acids is 1. The monoisotopic (exact) mass is 328 g/mol. The van der Waals surface area contributed by atoms with Gasteiger partial charge in [0.05, 0.1) is 4.99 Å². The van der Waals surface area contributed by atoms with Crippen LogP contribution in [0, 0.1) is 6.92 Å². The zero-order chi connectivity index (χ0) is 13.9. The lowest BCUT2D eigenvalue weighted by Crippen LogP contribution is -2.37. The Morgan fingerprint density at radius 1 is 1.56 bits per heavy atom. The van der Waals surface area contributed by atoms with Gasteiger partial charge in [-0.1, -0.05) is 28.1 Å². The van der Waals surface area contributed by atoms with Crippen LogP contribution in [0.2, 0.25) is 0 Å². The van der Waals surface area contributed by atoms with Crippen molar-refractivity contribution in [3.8, 4) is 0 Å². The van der Waals surface area contributed by atoms with Crippen molar-refractivity contribution in [1.29, 1.82) is 0 Å². The van der Waals surface area contributed by atoms with E-state index in [9.17, 15) is 4.79 Å². The van der Waals surface area contributed by atoms with Crippen molar-refractivity contribution in [2.45, 2.75) is 26.3 Å². The molecule has 1 aromatic rings. The van der Waals surface area contributed by atoms with Gasteiger partial charge in [0, 0.05) is 29.5 Å². The third kappa shape index (κ3) is 3.78. The summed E-state index contributed by atoms with van der Waals surface area (Å²) in [5.41, 5.74) is 7.16. The predicted octanol–water partition coefficient (Wildman–Crippen LogP) is 2.89. The van der Waals surface area contributed by atoms with Crippen LogP contribution >= 0.6 is 28.1 Å². The number of hydrogen-bond acceptors (Lipinski definition) is 2. The van der Waals surface area contributed by atoms with Gasteiger partial charge >= 0.3 is 0 Å². The fourth-order valence-corrected chi connectivity index (χ4v) is 2.40. The topological polar surface area (TPSA) is 46.3 Å². The number of nitrogens with two attached hydrogens (primary N) is 1. The predicted molar refractivity (Wildman–Crippen MR) is 81.8 cm³/mol. The molecule has 5 heteroatoms. The molecule has 0 spiro atoms.